The SMILES string of the molecule is Cc1cc(C)c2c(c1)CN(C(C)C)C2=O. The van der Waals surface area contributed by atoms with Crippen molar-refractivity contribution >= 4 is 5.91 Å². The highest BCUT2D eigenvalue weighted by molar-refractivity contribution is 6.00. The molecular weight excluding hydrogens is 186 g/mol. The van der Waals surface area contributed by atoms with Gasteiger partial charge in [0.05, 0.1) is 0 Å². The van der Waals surface area contributed by atoms with Crippen molar-refractivity contribution in [3.8, 4) is 0 Å². The Morgan fingerprint density at radius 2 is 1.93 bits per heavy atom. The average Bonchev–Trinajstić information content (AvgIpc) is 2.42. The number of amides is 1. The van der Waals surface area contributed by atoms with E-state index < -0.39 is 0 Å². The predicted octanol–water partition coefficient (Wildman–Crippen LogP) is 2.67. The molecule has 0 aromatic heterocycles. The Balaban J connectivity index is 2.50. The van der Waals surface area contributed by atoms with Crippen LogP contribution in [0.5, 0.6) is 0 Å². The molecule has 0 aliphatic carbocycles. The van der Waals surface area contributed by atoms with E-state index in [4.69, 9.17) is 0 Å². The lowest BCUT2D eigenvalue weighted by Gasteiger charge is -2.19. The predicted molar refractivity (Wildman–Crippen MR) is 60.9 cm³/mol. The van der Waals surface area contributed by atoms with E-state index in [2.05, 4.69) is 32.9 Å². The second-order valence-electron chi connectivity index (χ2n) is 4.64. The first-order valence-corrected chi connectivity index (χ1v) is 5.42. The summed E-state index contributed by atoms with van der Waals surface area (Å²) in [5.41, 5.74) is 4.46. The van der Waals surface area contributed by atoms with Gasteiger partial charge in [-0.15, -0.1) is 0 Å². The van der Waals surface area contributed by atoms with Crippen molar-refractivity contribution in [1.29, 1.82) is 0 Å². The summed E-state index contributed by atoms with van der Waals surface area (Å²) in [5, 5.41) is 0. The third-order valence-corrected chi connectivity index (χ3v) is 3.00. The maximum absolute atomic E-state index is 12.1. The van der Waals surface area contributed by atoms with Crippen molar-refractivity contribution < 1.29 is 4.79 Å². The zero-order valence-electron chi connectivity index (χ0n) is 9.79. The lowest BCUT2D eigenvalue weighted by atomic mass is 10.0. The molecule has 1 amide bonds. The fourth-order valence-electron chi connectivity index (χ4n) is 2.30. The highest BCUT2D eigenvalue weighted by Gasteiger charge is 2.30. The van der Waals surface area contributed by atoms with Crippen molar-refractivity contribution in [3.05, 3.63) is 34.4 Å². The van der Waals surface area contributed by atoms with Gasteiger partial charge >= 0.3 is 0 Å². The van der Waals surface area contributed by atoms with Gasteiger partial charge in [0.25, 0.3) is 5.91 Å². The van der Waals surface area contributed by atoms with E-state index >= 15 is 0 Å². The van der Waals surface area contributed by atoms with Crippen LogP contribution in [0, 0.1) is 13.8 Å². The molecule has 2 rings (SSSR count). The van der Waals surface area contributed by atoms with Crippen molar-refractivity contribution in [2.24, 2.45) is 0 Å². The quantitative estimate of drug-likeness (QED) is 0.687. The molecule has 0 bridgehead atoms. The molecule has 0 atom stereocenters. The summed E-state index contributed by atoms with van der Waals surface area (Å²) in [5.74, 6) is 0.192. The monoisotopic (exact) mass is 203 g/mol. The summed E-state index contributed by atoms with van der Waals surface area (Å²) < 4.78 is 0. The van der Waals surface area contributed by atoms with Crippen molar-refractivity contribution in [1.82, 2.24) is 4.90 Å². The molecule has 0 fully saturated rings. The minimum atomic E-state index is 0.192. The van der Waals surface area contributed by atoms with E-state index in [1.807, 2.05) is 11.8 Å². The lowest BCUT2D eigenvalue weighted by molar-refractivity contribution is 0.0730. The van der Waals surface area contributed by atoms with Gasteiger partial charge in [0.15, 0.2) is 0 Å². The third kappa shape index (κ3) is 1.54. The van der Waals surface area contributed by atoms with E-state index in [9.17, 15) is 4.79 Å². The molecule has 2 heteroatoms. The van der Waals surface area contributed by atoms with E-state index in [1.165, 1.54) is 11.1 Å². The highest BCUT2D eigenvalue weighted by atomic mass is 16.2. The minimum absolute atomic E-state index is 0.192. The standard InChI is InChI=1S/C13H17NO/c1-8(2)14-7-11-6-9(3)5-10(4)12(11)13(14)15/h5-6,8H,7H2,1-4H3. The number of hydrogen-bond donors (Lipinski definition) is 0. The molecule has 0 N–H and O–H groups in total. The van der Waals surface area contributed by atoms with Crippen LogP contribution >= 0.6 is 0 Å². The Labute approximate surface area is 90.9 Å². The Hall–Kier alpha value is -1.31. The highest BCUT2D eigenvalue weighted by Crippen LogP contribution is 2.28. The van der Waals surface area contributed by atoms with Crippen LogP contribution in [0.3, 0.4) is 0 Å². The molecule has 0 radical (unpaired) electrons. The lowest BCUT2D eigenvalue weighted by Crippen LogP contribution is -2.30. The van der Waals surface area contributed by atoms with Crippen LogP contribution in [0.2, 0.25) is 0 Å². The normalized spacial score (nSPS) is 15.0. The van der Waals surface area contributed by atoms with Gasteiger partial charge in [-0.1, -0.05) is 17.7 Å². The third-order valence-electron chi connectivity index (χ3n) is 3.00. The molecule has 15 heavy (non-hydrogen) atoms. The van der Waals surface area contributed by atoms with Crippen LogP contribution in [-0.2, 0) is 6.54 Å². The molecule has 0 saturated carbocycles. The van der Waals surface area contributed by atoms with Crippen LogP contribution in [0.25, 0.3) is 0 Å². The van der Waals surface area contributed by atoms with E-state index in [0.717, 1.165) is 17.7 Å². The second kappa shape index (κ2) is 3.37. The second-order valence-corrected chi connectivity index (χ2v) is 4.64. The van der Waals surface area contributed by atoms with Gasteiger partial charge in [0.2, 0.25) is 0 Å². The maximum Gasteiger partial charge on any atom is 0.255 e. The minimum Gasteiger partial charge on any atom is -0.332 e. The van der Waals surface area contributed by atoms with E-state index in [0.29, 0.717) is 0 Å². The summed E-state index contributed by atoms with van der Waals surface area (Å²) in [4.78, 5) is 14.0. The Morgan fingerprint density at radius 1 is 1.27 bits per heavy atom. The largest absolute Gasteiger partial charge is 0.332 e. The zero-order valence-corrected chi connectivity index (χ0v) is 9.79. The molecule has 1 aromatic rings. The molecule has 1 aliphatic heterocycles. The van der Waals surface area contributed by atoms with Crippen LogP contribution in [0.15, 0.2) is 12.1 Å². The van der Waals surface area contributed by atoms with Crippen molar-refractivity contribution in [3.63, 3.8) is 0 Å². The van der Waals surface area contributed by atoms with E-state index in [1.54, 1.807) is 0 Å². The average molecular weight is 203 g/mol. The summed E-state index contributed by atoms with van der Waals surface area (Å²) in [7, 11) is 0. The molecule has 2 nitrogen and oxygen atoms in total. The summed E-state index contributed by atoms with van der Waals surface area (Å²) >= 11 is 0. The first-order valence-electron chi connectivity index (χ1n) is 5.42. The molecule has 1 aromatic carbocycles. The van der Waals surface area contributed by atoms with Gasteiger partial charge in [-0.3, -0.25) is 4.79 Å². The van der Waals surface area contributed by atoms with Gasteiger partial charge in [-0.05, 0) is 38.8 Å². The fraction of sp³-hybridized carbons (Fsp3) is 0.462. The van der Waals surface area contributed by atoms with Gasteiger partial charge in [-0.25, -0.2) is 0 Å². The zero-order chi connectivity index (χ0) is 11.2. The van der Waals surface area contributed by atoms with Crippen molar-refractivity contribution in [2.45, 2.75) is 40.3 Å². The van der Waals surface area contributed by atoms with Gasteiger partial charge in [-0.2, -0.15) is 0 Å². The number of rotatable bonds is 1. The Kier molecular flexibility index (Phi) is 2.29. The fourth-order valence-corrected chi connectivity index (χ4v) is 2.30. The topological polar surface area (TPSA) is 20.3 Å². The van der Waals surface area contributed by atoms with Crippen LogP contribution in [0.4, 0.5) is 0 Å². The van der Waals surface area contributed by atoms with Crippen molar-refractivity contribution in [2.75, 3.05) is 0 Å². The summed E-state index contributed by atoms with van der Waals surface area (Å²) in [6.07, 6.45) is 0. The molecule has 1 aliphatic rings. The number of fused-ring (bicyclic) bond motifs is 1. The molecule has 0 unspecified atom stereocenters. The molecular formula is C13H17NO. The first-order chi connectivity index (χ1) is 7.00. The smallest absolute Gasteiger partial charge is 0.255 e. The summed E-state index contributed by atoms with van der Waals surface area (Å²) in [6.45, 7) is 9.00. The van der Waals surface area contributed by atoms with Crippen LogP contribution in [0.1, 0.15) is 40.9 Å². The number of carbonyl (C=O) groups excluding carboxylic acids is 1. The first kappa shape index (κ1) is 10.2. The number of nitrogens with zero attached hydrogens (tertiary/aromatic N) is 1. The number of hydrogen-bond acceptors (Lipinski definition) is 1. The molecule has 0 spiro atoms. The van der Waals surface area contributed by atoms with Crippen LogP contribution in [-0.4, -0.2) is 16.8 Å². The van der Waals surface area contributed by atoms with E-state index in [-0.39, 0.29) is 11.9 Å². The number of benzene rings is 1. The van der Waals surface area contributed by atoms with Gasteiger partial charge in [0.1, 0.15) is 0 Å². The van der Waals surface area contributed by atoms with Crippen LogP contribution < -0.4 is 0 Å². The Bertz CT molecular complexity index is 421. The number of carbonyl (C=O) groups is 1. The summed E-state index contributed by atoms with van der Waals surface area (Å²) in [6, 6.07) is 4.49. The molecule has 80 valence electrons. The molecule has 0 saturated heterocycles. The Morgan fingerprint density at radius 3 is 2.53 bits per heavy atom. The maximum atomic E-state index is 12.1. The van der Waals surface area contributed by atoms with Gasteiger partial charge in [0, 0.05) is 18.2 Å². The van der Waals surface area contributed by atoms with Gasteiger partial charge < -0.3 is 4.90 Å². The number of aryl methyl sites for hydroxylation is 2. The molecule has 1 heterocycles.